The molecule has 7 heteroatoms. The van der Waals surface area contributed by atoms with Crippen LogP contribution in [-0.2, 0) is 16.0 Å². The molecule has 0 aliphatic rings. The molecule has 0 radical (unpaired) electrons. The first-order valence-corrected chi connectivity index (χ1v) is 9.50. The van der Waals surface area contributed by atoms with Crippen LogP contribution in [0.5, 0.6) is 0 Å². The van der Waals surface area contributed by atoms with Gasteiger partial charge in [0.25, 0.3) is 5.91 Å². The quantitative estimate of drug-likeness (QED) is 0.647. The summed E-state index contributed by atoms with van der Waals surface area (Å²) in [7, 11) is 0. The molecule has 2 aromatic heterocycles. The second-order valence-corrected chi connectivity index (χ2v) is 6.60. The number of carbonyl (C=O) groups excluding carboxylic acids is 2. The largest absolute Gasteiger partial charge is 0.466 e. The standard InChI is InChI=1S/C19H21N3O3S/c1-3-13-5-7-14(8-6-13)15-11-22-16(12-26-19(22)21-15)18(24)20-10-9-17(23)25-4-2/h5-8,11-12H,3-4,9-10H2,1-2H3,(H,20,24). The molecule has 26 heavy (non-hydrogen) atoms. The Morgan fingerprint density at radius 1 is 1.23 bits per heavy atom. The first kappa shape index (κ1) is 18.1. The summed E-state index contributed by atoms with van der Waals surface area (Å²) in [5.41, 5.74) is 3.64. The van der Waals surface area contributed by atoms with Gasteiger partial charge in [-0.1, -0.05) is 31.2 Å². The minimum atomic E-state index is -0.316. The monoisotopic (exact) mass is 371 g/mol. The molecule has 1 N–H and O–H groups in total. The highest BCUT2D eigenvalue weighted by atomic mass is 32.1. The van der Waals surface area contributed by atoms with Gasteiger partial charge in [-0.05, 0) is 18.9 Å². The van der Waals surface area contributed by atoms with Crippen LogP contribution in [0.3, 0.4) is 0 Å². The van der Waals surface area contributed by atoms with E-state index in [4.69, 9.17) is 4.74 Å². The van der Waals surface area contributed by atoms with Crippen LogP contribution in [-0.4, -0.2) is 34.4 Å². The molecule has 1 aromatic carbocycles. The minimum Gasteiger partial charge on any atom is -0.466 e. The van der Waals surface area contributed by atoms with E-state index >= 15 is 0 Å². The summed E-state index contributed by atoms with van der Waals surface area (Å²) < 4.78 is 6.64. The van der Waals surface area contributed by atoms with Crippen LogP contribution in [0.4, 0.5) is 0 Å². The molecule has 0 unspecified atom stereocenters. The number of hydrogen-bond donors (Lipinski definition) is 1. The summed E-state index contributed by atoms with van der Waals surface area (Å²) in [5.74, 6) is -0.547. The fourth-order valence-corrected chi connectivity index (χ4v) is 3.45. The average Bonchev–Trinajstić information content (AvgIpc) is 3.22. The van der Waals surface area contributed by atoms with E-state index in [2.05, 4.69) is 29.4 Å². The van der Waals surface area contributed by atoms with Crippen molar-refractivity contribution in [1.29, 1.82) is 0 Å². The van der Waals surface area contributed by atoms with Crippen molar-refractivity contribution in [3.8, 4) is 11.3 Å². The molecular formula is C19H21N3O3S. The topological polar surface area (TPSA) is 72.7 Å². The molecule has 0 atom stereocenters. The van der Waals surface area contributed by atoms with Gasteiger partial charge >= 0.3 is 5.97 Å². The first-order chi connectivity index (χ1) is 12.6. The lowest BCUT2D eigenvalue weighted by Crippen LogP contribution is -2.27. The average molecular weight is 371 g/mol. The fraction of sp³-hybridized carbons (Fsp3) is 0.316. The second-order valence-electron chi connectivity index (χ2n) is 5.76. The molecule has 3 aromatic rings. The zero-order valence-electron chi connectivity index (χ0n) is 14.8. The zero-order chi connectivity index (χ0) is 18.5. The minimum absolute atomic E-state index is 0.159. The van der Waals surface area contributed by atoms with Crippen molar-refractivity contribution in [3.63, 3.8) is 0 Å². The SMILES string of the molecule is CCOC(=O)CCNC(=O)c1csc2nc(-c3ccc(CC)cc3)cn12. The highest BCUT2D eigenvalue weighted by molar-refractivity contribution is 7.15. The Hall–Kier alpha value is -2.67. The number of carbonyl (C=O) groups is 2. The Bertz CT molecular complexity index is 912. The van der Waals surface area contributed by atoms with Crippen LogP contribution in [0.25, 0.3) is 16.2 Å². The first-order valence-electron chi connectivity index (χ1n) is 8.62. The fourth-order valence-electron chi connectivity index (χ4n) is 2.60. The van der Waals surface area contributed by atoms with Gasteiger partial charge in [0.15, 0.2) is 4.96 Å². The number of benzene rings is 1. The van der Waals surface area contributed by atoms with Gasteiger partial charge in [0.1, 0.15) is 5.69 Å². The molecule has 0 fully saturated rings. The second kappa shape index (κ2) is 8.14. The number of hydrogen-bond acceptors (Lipinski definition) is 5. The van der Waals surface area contributed by atoms with Crippen molar-refractivity contribution in [2.24, 2.45) is 0 Å². The number of imidazole rings is 1. The molecule has 3 rings (SSSR count). The van der Waals surface area contributed by atoms with E-state index in [0.717, 1.165) is 22.6 Å². The van der Waals surface area contributed by atoms with Crippen LogP contribution >= 0.6 is 11.3 Å². The number of nitrogens with one attached hydrogen (secondary N) is 1. The Kier molecular flexibility index (Phi) is 5.68. The third-order valence-electron chi connectivity index (χ3n) is 4.02. The van der Waals surface area contributed by atoms with Gasteiger partial charge in [-0.2, -0.15) is 0 Å². The lowest BCUT2D eigenvalue weighted by atomic mass is 10.1. The smallest absolute Gasteiger partial charge is 0.307 e. The summed E-state index contributed by atoms with van der Waals surface area (Å²) in [5, 5.41) is 4.52. The number of fused-ring (bicyclic) bond motifs is 1. The van der Waals surface area contributed by atoms with Gasteiger partial charge in [0.2, 0.25) is 0 Å². The lowest BCUT2D eigenvalue weighted by molar-refractivity contribution is -0.142. The number of aryl methyl sites for hydroxylation is 1. The van der Waals surface area contributed by atoms with E-state index in [-0.39, 0.29) is 24.8 Å². The van der Waals surface area contributed by atoms with Crippen molar-refractivity contribution in [1.82, 2.24) is 14.7 Å². The number of thiazole rings is 1. The van der Waals surface area contributed by atoms with Crippen molar-refractivity contribution in [2.45, 2.75) is 26.7 Å². The molecule has 0 aliphatic carbocycles. The summed E-state index contributed by atoms with van der Waals surface area (Å²) >= 11 is 1.41. The molecule has 0 saturated heterocycles. The molecule has 0 bridgehead atoms. The predicted molar refractivity (Wildman–Crippen MR) is 101 cm³/mol. The zero-order valence-corrected chi connectivity index (χ0v) is 15.6. The number of ether oxygens (including phenoxy) is 1. The highest BCUT2D eigenvalue weighted by Gasteiger charge is 2.15. The Morgan fingerprint density at radius 2 is 2.00 bits per heavy atom. The molecule has 6 nitrogen and oxygen atoms in total. The lowest BCUT2D eigenvalue weighted by Gasteiger charge is -2.04. The van der Waals surface area contributed by atoms with Gasteiger partial charge in [0.05, 0.1) is 18.7 Å². The third kappa shape index (κ3) is 3.94. The molecule has 2 heterocycles. The van der Waals surface area contributed by atoms with Gasteiger partial charge in [-0.25, -0.2) is 4.98 Å². The van der Waals surface area contributed by atoms with Crippen LogP contribution in [0.15, 0.2) is 35.8 Å². The van der Waals surface area contributed by atoms with Crippen LogP contribution in [0, 0.1) is 0 Å². The summed E-state index contributed by atoms with van der Waals surface area (Å²) in [6, 6.07) is 8.27. The maximum Gasteiger partial charge on any atom is 0.307 e. The number of amides is 1. The summed E-state index contributed by atoms with van der Waals surface area (Å²) in [6.07, 6.45) is 3.02. The normalized spacial score (nSPS) is 10.8. The molecule has 0 saturated carbocycles. The molecule has 1 amide bonds. The maximum absolute atomic E-state index is 12.4. The van der Waals surface area contributed by atoms with Gasteiger partial charge in [-0.3, -0.25) is 14.0 Å². The number of aromatic nitrogens is 2. The van der Waals surface area contributed by atoms with Gasteiger partial charge in [0, 0.05) is 23.7 Å². The number of nitrogens with zero attached hydrogens (tertiary/aromatic N) is 2. The summed E-state index contributed by atoms with van der Waals surface area (Å²) in [6.45, 7) is 4.46. The predicted octanol–water partition coefficient (Wildman–Crippen LogP) is 3.31. The molecular weight excluding hydrogens is 350 g/mol. The maximum atomic E-state index is 12.4. The third-order valence-corrected chi connectivity index (χ3v) is 4.86. The van der Waals surface area contributed by atoms with Crippen molar-refractivity contribution < 1.29 is 14.3 Å². The van der Waals surface area contributed by atoms with E-state index in [1.165, 1.54) is 16.9 Å². The van der Waals surface area contributed by atoms with E-state index in [1.807, 2.05) is 18.3 Å². The Labute approximate surface area is 155 Å². The number of rotatable bonds is 7. The summed E-state index contributed by atoms with van der Waals surface area (Å²) in [4.78, 5) is 29.1. The van der Waals surface area contributed by atoms with Gasteiger partial charge in [-0.15, -0.1) is 11.3 Å². The van der Waals surface area contributed by atoms with E-state index in [1.54, 1.807) is 16.7 Å². The van der Waals surface area contributed by atoms with E-state index in [9.17, 15) is 9.59 Å². The van der Waals surface area contributed by atoms with Gasteiger partial charge < -0.3 is 10.1 Å². The van der Waals surface area contributed by atoms with Crippen molar-refractivity contribution in [3.05, 3.63) is 47.1 Å². The van der Waals surface area contributed by atoms with Crippen molar-refractivity contribution >= 4 is 28.2 Å². The highest BCUT2D eigenvalue weighted by Crippen LogP contribution is 2.24. The molecule has 136 valence electrons. The van der Waals surface area contributed by atoms with E-state index in [0.29, 0.717) is 12.3 Å². The van der Waals surface area contributed by atoms with Crippen LogP contribution in [0.2, 0.25) is 0 Å². The Balaban J connectivity index is 1.72. The molecule has 0 aliphatic heterocycles. The number of esters is 1. The van der Waals surface area contributed by atoms with E-state index < -0.39 is 0 Å². The van der Waals surface area contributed by atoms with Crippen molar-refractivity contribution in [2.75, 3.05) is 13.2 Å². The van der Waals surface area contributed by atoms with Crippen LogP contribution in [0.1, 0.15) is 36.3 Å². The van der Waals surface area contributed by atoms with Crippen LogP contribution < -0.4 is 5.32 Å². The Morgan fingerprint density at radius 3 is 2.69 bits per heavy atom. The molecule has 0 spiro atoms.